The Labute approximate surface area is 114 Å². The lowest BCUT2D eigenvalue weighted by Crippen LogP contribution is -2.52. The molecule has 104 valence electrons. The molecule has 1 aromatic heterocycles. The Bertz CT molecular complexity index is 440. The zero-order chi connectivity index (χ0) is 13.8. The summed E-state index contributed by atoms with van der Waals surface area (Å²) in [7, 11) is 0. The predicted octanol–water partition coefficient (Wildman–Crippen LogP) is 0.906. The van der Waals surface area contributed by atoms with Crippen LogP contribution in [0.5, 0.6) is 0 Å². The predicted molar refractivity (Wildman–Crippen MR) is 72.1 cm³/mol. The van der Waals surface area contributed by atoms with Gasteiger partial charge in [0.15, 0.2) is 0 Å². The highest BCUT2D eigenvalue weighted by Crippen LogP contribution is 2.12. The van der Waals surface area contributed by atoms with Gasteiger partial charge >= 0.3 is 5.82 Å². The third-order valence-corrected chi connectivity index (χ3v) is 3.36. The number of hydrogen-bond acceptors (Lipinski definition) is 3. The van der Waals surface area contributed by atoms with Gasteiger partial charge < -0.3 is 10.1 Å². The summed E-state index contributed by atoms with van der Waals surface area (Å²) in [6.45, 7) is 7.09. The minimum absolute atomic E-state index is 0.236. The van der Waals surface area contributed by atoms with Crippen molar-refractivity contribution < 1.29 is 14.7 Å². The molecule has 1 saturated heterocycles. The molecule has 2 rings (SSSR count). The second kappa shape index (κ2) is 5.91. The molecule has 19 heavy (non-hydrogen) atoms. The molecule has 5 nitrogen and oxygen atoms in total. The first-order valence-corrected chi connectivity index (χ1v) is 6.80. The van der Waals surface area contributed by atoms with E-state index in [4.69, 9.17) is 0 Å². The van der Waals surface area contributed by atoms with Crippen molar-refractivity contribution in [2.24, 2.45) is 5.92 Å². The van der Waals surface area contributed by atoms with Gasteiger partial charge in [-0.1, -0.05) is 24.6 Å². The average Bonchev–Trinajstić information content (AvgIpc) is 2.39. The highest BCUT2D eigenvalue weighted by atomic mass is 16.5. The molecule has 1 fully saturated rings. The first-order chi connectivity index (χ1) is 9.08. The molecule has 0 spiro atoms. The molecule has 5 heteroatoms. The first kappa shape index (κ1) is 13.6. The van der Waals surface area contributed by atoms with Crippen LogP contribution < -0.4 is 9.63 Å². The van der Waals surface area contributed by atoms with Crippen LogP contribution in [0.2, 0.25) is 0 Å². The van der Waals surface area contributed by atoms with E-state index in [1.165, 1.54) is 0 Å². The van der Waals surface area contributed by atoms with Crippen LogP contribution in [0.25, 0.3) is 0 Å². The molecule has 0 atom stereocenters. The normalized spacial score (nSPS) is 15.9. The molecule has 0 unspecified atom stereocenters. The lowest BCUT2D eigenvalue weighted by molar-refractivity contribution is -0.894. The summed E-state index contributed by atoms with van der Waals surface area (Å²) >= 11 is 0. The van der Waals surface area contributed by atoms with Crippen molar-refractivity contribution in [2.75, 3.05) is 31.1 Å². The van der Waals surface area contributed by atoms with Crippen LogP contribution >= 0.6 is 0 Å². The zero-order valence-corrected chi connectivity index (χ0v) is 11.6. The monoisotopic (exact) mass is 264 g/mol. The highest BCUT2D eigenvalue weighted by Gasteiger charge is 2.27. The molecule has 1 N–H and O–H groups in total. The minimum Gasteiger partial charge on any atom is -0.350 e. The van der Waals surface area contributed by atoms with E-state index in [2.05, 4.69) is 18.7 Å². The molecule has 0 saturated carbocycles. The van der Waals surface area contributed by atoms with Gasteiger partial charge in [-0.3, -0.25) is 9.69 Å². The Morgan fingerprint density at radius 3 is 2.58 bits per heavy atom. The van der Waals surface area contributed by atoms with E-state index in [0.29, 0.717) is 12.3 Å². The van der Waals surface area contributed by atoms with Crippen molar-refractivity contribution in [3.05, 3.63) is 24.4 Å². The van der Waals surface area contributed by atoms with E-state index >= 15 is 0 Å². The largest absolute Gasteiger partial charge is 0.350 e. The third kappa shape index (κ3) is 3.36. The number of aromatic nitrogens is 1. The third-order valence-electron chi connectivity index (χ3n) is 3.36. The molecule has 1 aliphatic heterocycles. The Hall–Kier alpha value is -1.78. The lowest BCUT2D eigenvalue weighted by atomic mass is 10.1. The van der Waals surface area contributed by atoms with E-state index < -0.39 is 0 Å². The zero-order valence-electron chi connectivity index (χ0n) is 11.6. The fourth-order valence-electron chi connectivity index (χ4n) is 2.34. The number of piperazine rings is 1. The number of amides is 1. The molecule has 0 aromatic carbocycles. The van der Waals surface area contributed by atoms with Crippen LogP contribution in [0, 0.1) is 5.92 Å². The number of hydrogen-bond donors (Lipinski definition) is 1. The fourth-order valence-corrected chi connectivity index (χ4v) is 2.34. The van der Waals surface area contributed by atoms with Crippen molar-refractivity contribution in [1.29, 1.82) is 0 Å². The summed E-state index contributed by atoms with van der Waals surface area (Å²) in [5.41, 5.74) is 0. The van der Waals surface area contributed by atoms with Crippen molar-refractivity contribution in [3.63, 3.8) is 0 Å². The van der Waals surface area contributed by atoms with E-state index in [-0.39, 0.29) is 5.91 Å². The summed E-state index contributed by atoms with van der Waals surface area (Å²) in [4.78, 5) is 16.0. The Morgan fingerprint density at radius 2 is 2.00 bits per heavy atom. The van der Waals surface area contributed by atoms with E-state index in [1.54, 1.807) is 12.3 Å². The van der Waals surface area contributed by atoms with Crippen molar-refractivity contribution in [1.82, 2.24) is 4.90 Å². The van der Waals surface area contributed by atoms with Crippen molar-refractivity contribution >= 4 is 11.7 Å². The first-order valence-electron chi connectivity index (χ1n) is 6.80. The van der Waals surface area contributed by atoms with E-state index in [0.717, 1.165) is 36.7 Å². The quantitative estimate of drug-likeness (QED) is 0.652. The number of carbonyl (C=O) groups excluding carboxylic acids is 1. The summed E-state index contributed by atoms with van der Waals surface area (Å²) in [5, 5.41) is 9.75. The molecule has 0 aliphatic carbocycles. The molecule has 1 amide bonds. The summed E-state index contributed by atoms with van der Waals surface area (Å²) in [5.74, 6) is 1.41. The molecule has 0 bridgehead atoms. The number of nitrogens with zero attached hydrogens (tertiary/aromatic N) is 3. The van der Waals surface area contributed by atoms with E-state index in [1.807, 2.05) is 17.0 Å². The Kier molecular flexibility index (Phi) is 4.24. The SMILES string of the molecule is CC(C)CC(=O)N1CCN(c2cccc[n+]2O)CC1. The standard InChI is InChI=1S/C14H22N3O2/c1-12(2)11-14(18)16-9-7-15(8-10-16)13-5-3-4-6-17(13)19/h3-6,12,19H,7-11H2,1-2H3/q+1. The molecule has 1 aliphatic rings. The van der Waals surface area contributed by atoms with Gasteiger partial charge in [-0.25, -0.2) is 0 Å². The number of rotatable bonds is 3. The second-order valence-corrected chi connectivity index (χ2v) is 5.37. The smallest absolute Gasteiger partial charge is 0.316 e. The van der Waals surface area contributed by atoms with Gasteiger partial charge in [0.25, 0.3) is 0 Å². The summed E-state index contributed by atoms with van der Waals surface area (Å²) in [6.07, 6.45) is 2.23. The molecular weight excluding hydrogens is 242 g/mol. The number of pyridine rings is 1. The van der Waals surface area contributed by atoms with Crippen LogP contribution in [-0.2, 0) is 4.79 Å². The van der Waals surface area contributed by atoms with Gasteiger partial charge in [0, 0.05) is 12.5 Å². The maximum absolute atomic E-state index is 12.0. The van der Waals surface area contributed by atoms with Crippen LogP contribution in [0.1, 0.15) is 20.3 Å². The van der Waals surface area contributed by atoms with Gasteiger partial charge in [0.2, 0.25) is 5.91 Å². The molecule has 0 radical (unpaired) electrons. The van der Waals surface area contributed by atoms with E-state index in [9.17, 15) is 10.0 Å². The van der Waals surface area contributed by atoms with Gasteiger partial charge in [-0.05, 0) is 12.0 Å². The van der Waals surface area contributed by atoms with Gasteiger partial charge in [-0.15, -0.1) is 0 Å². The second-order valence-electron chi connectivity index (χ2n) is 5.37. The fraction of sp³-hybridized carbons (Fsp3) is 0.571. The Balaban J connectivity index is 1.93. The molecule has 1 aromatic rings. The lowest BCUT2D eigenvalue weighted by Gasteiger charge is -2.31. The van der Waals surface area contributed by atoms with Crippen molar-refractivity contribution in [3.8, 4) is 0 Å². The van der Waals surface area contributed by atoms with Crippen LogP contribution in [0.3, 0.4) is 0 Å². The van der Waals surface area contributed by atoms with Gasteiger partial charge in [0.1, 0.15) is 19.3 Å². The number of carbonyl (C=O) groups is 1. The minimum atomic E-state index is 0.236. The van der Waals surface area contributed by atoms with Crippen LogP contribution in [-0.4, -0.2) is 42.2 Å². The van der Waals surface area contributed by atoms with Crippen LogP contribution in [0.15, 0.2) is 24.4 Å². The molecule has 2 heterocycles. The number of anilines is 1. The van der Waals surface area contributed by atoms with Crippen molar-refractivity contribution in [2.45, 2.75) is 20.3 Å². The topological polar surface area (TPSA) is 47.7 Å². The molecular formula is C14H22N3O2+. The summed E-state index contributed by atoms with van der Waals surface area (Å²) < 4.78 is 1.13. The maximum atomic E-state index is 12.0. The summed E-state index contributed by atoms with van der Waals surface area (Å²) in [6, 6.07) is 5.57. The van der Waals surface area contributed by atoms with Gasteiger partial charge in [-0.2, -0.15) is 0 Å². The maximum Gasteiger partial charge on any atom is 0.316 e. The Morgan fingerprint density at radius 1 is 1.32 bits per heavy atom. The average molecular weight is 264 g/mol. The van der Waals surface area contributed by atoms with Crippen LogP contribution in [0.4, 0.5) is 5.82 Å². The highest BCUT2D eigenvalue weighted by molar-refractivity contribution is 5.76. The van der Waals surface area contributed by atoms with Gasteiger partial charge in [0.05, 0.1) is 13.1 Å².